The van der Waals surface area contributed by atoms with Crippen LogP contribution in [0.25, 0.3) is 0 Å². The Hall–Kier alpha value is -3.84. The number of amides is 1. The third-order valence-electron chi connectivity index (χ3n) is 5.46. The number of carbonyl (C=O) groups is 1. The number of carbonyl (C=O) groups excluding carboxylic acids is 1. The summed E-state index contributed by atoms with van der Waals surface area (Å²) in [4.78, 5) is 34.2. The molecule has 1 aliphatic carbocycles. The molecule has 0 heterocycles. The first-order chi connectivity index (χ1) is 13.7. The summed E-state index contributed by atoms with van der Waals surface area (Å²) in [6, 6.07) is 12.5. The normalized spacial score (nSPS) is 28.4. The topological polar surface area (TPSA) is 173 Å². The summed E-state index contributed by atoms with van der Waals surface area (Å²) in [5, 5.41) is 44.5. The summed E-state index contributed by atoms with van der Waals surface area (Å²) in [6.45, 7) is 0. The molecule has 0 saturated heterocycles. The summed E-state index contributed by atoms with van der Waals surface area (Å²) in [6.07, 6.45) is -0.616. The predicted octanol–water partition coefficient (Wildman–Crippen LogP) is 1.61. The van der Waals surface area contributed by atoms with Gasteiger partial charge in [0.05, 0.1) is 16.9 Å². The Balaban J connectivity index is 2.32. The molecule has 0 aromatic heterocycles. The molecule has 1 amide bonds. The Bertz CT molecular complexity index is 1040. The molecule has 2 aromatic carbocycles. The van der Waals surface area contributed by atoms with E-state index in [0.29, 0.717) is 0 Å². The van der Waals surface area contributed by atoms with E-state index in [4.69, 9.17) is 5.73 Å². The second kappa shape index (κ2) is 6.96. The number of hydrogen-bond acceptors (Lipinski definition) is 7. The molecule has 3 rings (SSSR count). The highest BCUT2D eigenvalue weighted by Crippen LogP contribution is 2.58. The van der Waals surface area contributed by atoms with Gasteiger partial charge in [0.15, 0.2) is 11.0 Å². The van der Waals surface area contributed by atoms with Gasteiger partial charge in [-0.2, -0.15) is 5.26 Å². The fraction of sp³-hybridized carbons (Fsp3) is 0.263. The summed E-state index contributed by atoms with van der Waals surface area (Å²) in [7, 11) is 0. The van der Waals surface area contributed by atoms with Crippen LogP contribution >= 0.6 is 0 Å². The summed E-state index contributed by atoms with van der Waals surface area (Å²) in [5.74, 6) is -2.64. The lowest BCUT2D eigenvalue weighted by molar-refractivity contribution is -0.547. The minimum absolute atomic E-state index is 0.00751. The summed E-state index contributed by atoms with van der Waals surface area (Å²) >= 11 is 0. The smallest absolute Gasteiger partial charge is 0.269 e. The number of nitriles is 1. The lowest BCUT2D eigenvalue weighted by Gasteiger charge is -2.26. The lowest BCUT2D eigenvalue weighted by atomic mass is 9.73. The van der Waals surface area contributed by atoms with E-state index in [9.17, 15) is 35.4 Å². The molecule has 1 fully saturated rings. The van der Waals surface area contributed by atoms with Crippen LogP contribution in [0.5, 0.6) is 0 Å². The second-order valence-corrected chi connectivity index (χ2v) is 6.97. The van der Waals surface area contributed by atoms with Gasteiger partial charge in [0.2, 0.25) is 5.91 Å². The molecule has 0 radical (unpaired) electrons. The molecule has 0 aliphatic heterocycles. The van der Waals surface area contributed by atoms with Gasteiger partial charge < -0.3 is 10.8 Å². The van der Waals surface area contributed by atoms with Crippen molar-refractivity contribution in [2.45, 2.75) is 24.0 Å². The first kappa shape index (κ1) is 19.9. The van der Waals surface area contributed by atoms with Gasteiger partial charge in [-0.05, 0) is 11.1 Å². The number of hydrogen-bond donors (Lipinski definition) is 2. The largest absolute Gasteiger partial charge is 0.378 e. The van der Waals surface area contributed by atoms with Crippen molar-refractivity contribution in [1.29, 1.82) is 5.26 Å². The molecular weight excluding hydrogens is 380 g/mol. The van der Waals surface area contributed by atoms with E-state index in [0.717, 1.165) is 6.07 Å². The molecule has 0 unspecified atom stereocenters. The molecule has 29 heavy (non-hydrogen) atoms. The van der Waals surface area contributed by atoms with Crippen LogP contribution in [0.4, 0.5) is 5.69 Å². The maximum absolute atomic E-state index is 12.4. The van der Waals surface area contributed by atoms with Gasteiger partial charge in [-0.15, -0.1) is 0 Å². The standard InChI is InChI=1S/C19H16N4O6/c20-11-18(17(21)24)10-19(25,13-6-2-1-3-7-13)16(23(28)29)15(18)12-5-4-8-14(9-12)22(26)27/h1-9,15-16,25H,10H2,(H2,21,24)/t15-,16-,18-,19-/m1/s1. The third kappa shape index (κ3) is 2.97. The summed E-state index contributed by atoms with van der Waals surface area (Å²) < 4.78 is 0. The van der Waals surface area contributed by atoms with E-state index < -0.39 is 45.2 Å². The van der Waals surface area contributed by atoms with Gasteiger partial charge in [-0.1, -0.05) is 42.5 Å². The number of nitrogens with two attached hydrogens (primary N) is 1. The number of rotatable bonds is 5. The van der Waals surface area contributed by atoms with Crippen molar-refractivity contribution in [3.8, 4) is 6.07 Å². The molecular formula is C19H16N4O6. The number of primary amides is 1. The first-order valence-electron chi connectivity index (χ1n) is 8.54. The van der Waals surface area contributed by atoms with Crippen molar-refractivity contribution in [3.63, 3.8) is 0 Å². The van der Waals surface area contributed by atoms with Crippen LogP contribution in [0.3, 0.4) is 0 Å². The Kier molecular flexibility index (Phi) is 4.78. The SMILES string of the molecule is N#C[C@]1(C(N)=O)C[C@@](O)(c2ccccc2)[C@H]([N+](=O)[O-])[C@H]1c1cccc([N+](=O)[O-])c1. The molecule has 2 aromatic rings. The first-order valence-corrected chi connectivity index (χ1v) is 8.54. The van der Waals surface area contributed by atoms with Crippen LogP contribution in [0, 0.1) is 37.0 Å². The van der Waals surface area contributed by atoms with E-state index in [1.165, 1.54) is 30.3 Å². The minimum Gasteiger partial charge on any atom is -0.378 e. The molecule has 4 atom stereocenters. The van der Waals surface area contributed by atoms with Gasteiger partial charge >= 0.3 is 0 Å². The van der Waals surface area contributed by atoms with Crippen molar-refractivity contribution in [2.75, 3.05) is 0 Å². The molecule has 3 N–H and O–H groups in total. The van der Waals surface area contributed by atoms with Crippen LogP contribution in [0.1, 0.15) is 23.5 Å². The van der Waals surface area contributed by atoms with E-state index in [-0.39, 0.29) is 16.8 Å². The van der Waals surface area contributed by atoms with E-state index in [2.05, 4.69) is 0 Å². The number of aliphatic hydroxyl groups is 1. The van der Waals surface area contributed by atoms with E-state index >= 15 is 0 Å². The Morgan fingerprint density at radius 1 is 1.17 bits per heavy atom. The van der Waals surface area contributed by atoms with Gasteiger partial charge in [-0.25, -0.2) is 0 Å². The van der Waals surface area contributed by atoms with Gasteiger partial charge in [0, 0.05) is 23.5 Å². The van der Waals surface area contributed by atoms with Crippen LogP contribution in [0.2, 0.25) is 0 Å². The maximum atomic E-state index is 12.4. The number of nitro benzene ring substituents is 1. The molecule has 148 valence electrons. The van der Waals surface area contributed by atoms with Crippen LogP contribution in [-0.2, 0) is 10.4 Å². The van der Waals surface area contributed by atoms with Gasteiger partial charge in [0.25, 0.3) is 11.7 Å². The minimum atomic E-state index is -2.19. The number of nitrogens with zero attached hydrogens (tertiary/aromatic N) is 3. The summed E-state index contributed by atoms with van der Waals surface area (Å²) in [5.41, 5.74) is 0.962. The highest BCUT2D eigenvalue weighted by molar-refractivity contribution is 5.86. The zero-order valence-corrected chi connectivity index (χ0v) is 15.0. The van der Waals surface area contributed by atoms with Crippen LogP contribution in [-0.4, -0.2) is 26.9 Å². The predicted molar refractivity (Wildman–Crippen MR) is 98.8 cm³/mol. The fourth-order valence-electron chi connectivity index (χ4n) is 4.18. The average molecular weight is 396 g/mol. The zero-order valence-electron chi connectivity index (χ0n) is 15.0. The molecule has 0 spiro atoms. The van der Waals surface area contributed by atoms with Crippen LogP contribution < -0.4 is 5.73 Å². The average Bonchev–Trinajstić information content (AvgIpc) is 3.00. The fourth-order valence-corrected chi connectivity index (χ4v) is 4.18. The highest BCUT2D eigenvalue weighted by atomic mass is 16.6. The van der Waals surface area contributed by atoms with Crippen molar-refractivity contribution in [2.24, 2.45) is 11.1 Å². The second-order valence-electron chi connectivity index (χ2n) is 6.97. The monoisotopic (exact) mass is 396 g/mol. The van der Waals surface area contributed by atoms with Crippen molar-refractivity contribution < 1.29 is 19.7 Å². The van der Waals surface area contributed by atoms with Gasteiger partial charge in [0.1, 0.15) is 0 Å². The van der Waals surface area contributed by atoms with Crippen molar-refractivity contribution in [1.82, 2.24) is 0 Å². The van der Waals surface area contributed by atoms with Crippen LogP contribution in [0.15, 0.2) is 54.6 Å². The quantitative estimate of drug-likeness (QED) is 0.570. The molecule has 10 heteroatoms. The molecule has 1 aliphatic rings. The molecule has 10 nitrogen and oxygen atoms in total. The highest BCUT2D eigenvalue weighted by Gasteiger charge is 2.71. The Labute approximate surface area is 164 Å². The Morgan fingerprint density at radius 2 is 1.83 bits per heavy atom. The molecule has 1 saturated carbocycles. The third-order valence-corrected chi connectivity index (χ3v) is 5.46. The number of benzene rings is 2. The maximum Gasteiger partial charge on any atom is 0.269 e. The molecule has 0 bridgehead atoms. The zero-order chi connectivity index (χ0) is 21.4. The van der Waals surface area contributed by atoms with Crippen molar-refractivity contribution in [3.05, 3.63) is 86.0 Å². The van der Waals surface area contributed by atoms with E-state index in [1.807, 2.05) is 0 Å². The van der Waals surface area contributed by atoms with E-state index in [1.54, 1.807) is 24.3 Å². The number of nitro groups is 2. The number of non-ortho nitro benzene ring substituents is 1. The van der Waals surface area contributed by atoms with Crippen molar-refractivity contribution >= 4 is 11.6 Å². The van der Waals surface area contributed by atoms with Gasteiger partial charge in [-0.3, -0.25) is 25.0 Å². The lowest BCUT2D eigenvalue weighted by Crippen LogP contribution is -2.43. The Morgan fingerprint density at radius 3 is 2.34 bits per heavy atom.